The van der Waals surface area contributed by atoms with E-state index >= 15 is 0 Å². The van der Waals surface area contributed by atoms with Crippen LogP contribution >= 0.6 is 0 Å². The molecule has 0 saturated heterocycles. The van der Waals surface area contributed by atoms with Gasteiger partial charge in [0.15, 0.2) is 0 Å². The van der Waals surface area contributed by atoms with Crippen molar-refractivity contribution in [3.8, 4) is 0 Å². The highest BCUT2D eigenvalue weighted by Crippen LogP contribution is 2.38. The van der Waals surface area contributed by atoms with Gasteiger partial charge in [0, 0.05) is 19.1 Å². The summed E-state index contributed by atoms with van der Waals surface area (Å²) >= 11 is 0. The molecule has 0 aromatic rings. The quantitative estimate of drug-likeness (QED) is 0.798. The average molecular weight is 238 g/mol. The summed E-state index contributed by atoms with van der Waals surface area (Å²) in [6, 6.07) is 0.393. The lowest BCUT2D eigenvalue weighted by atomic mass is 9.68. The molecule has 2 atom stereocenters. The lowest BCUT2D eigenvalue weighted by Gasteiger charge is -2.43. The van der Waals surface area contributed by atoms with Gasteiger partial charge in [-0.2, -0.15) is 0 Å². The van der Waals surface area contributed by atoms with E-state index in [0.29, 0.717) is 11.5 Å². The van der Waals surface area contributed by atoms with E-state index in [9.17, 15) is 0 Å². The van der Waals surface area contributed by atoms with Gasteiger partial charge in [-0.1, -0.05) is 27.2 Å². The summed E-state index contributed by atoms with van der Waals surface area (Å²) in [5, 5.41) is 0. The Morgan fingerprint density at radius 1 is 1.18 bits per heavy atom. The van der Waals surface area contributed by atoms with E-state index in [0.717, 1.165) is 11.8 Å². The Labute approximate surface area is 107 Å². The van der Waals surface area contributed by atoms with E-state index in [1.54, 1.807) is 0 Å². The molecule has 0 aromatic heterocycles. The normalized spacial score (nSPS) is 33.0. The molecule has 2 aliphatic carbocycles. The van der Waals surface area contributed by atoms with Crippen molar-refractivity contribution < 1.29 is 0 Å². The molecule has 2 saturated carbocycles. The van der Waals surface area contributed by atoms with Crippen molar-refractivity contribution >= 4 is 0 Å². The summed E-state index contributed by atoms with van der Waals surface area (Å²) in [6.45, 7) is 10.7. The van der Waals surface area contributed by atoms with Crippen LogP contribution < -0.4 is 5.73 Å². The second kappa shape index (κ2) is 5.27. The summed E-state index contributed by atoms with van der Waals surface area (Å²) in [4.78, 5) is 2.64. The monoisotopic (exact) mass is 238 g/mol. The minimum Gasteiger partial charge on any atom is -0.327 e. The van der Waals surface area contributed by atoms with Gasteiger partial charge in [-0.05, 0) is 49.5 Å². The van der Waals surface area contributed by atoms with Crippen LogP contribution in [-0.4, -0.2) is 30.6 Å². The predicted molar refractivity (Wildman–Crippen MR) is 73.9 cm³/mol. The van der Waals surface area contributed by atoms with Crippen molar-refractivity contribution in [2.75, 3.05) is 19.6 Å². The van der Waals surface area contributed by atoms with Gasteiger partial charge in [-0.15, -0.1) is 0 Å². The molecule has 0 radical (unpaired) electrons. The summed E-state index contributed by atoms with van der Waals surface area (Å²) in [5.74, 6) is 1.72. The lowest BCUT2D eigenvalue weighted by Crippen LogP contribution is -2.50. The maximum Gasteiger partial charge on any atom is 0.0131 e. The molecule has 2 unspecified atom stereocenters. The van der Waals surface area contributed by atoms with Gasteiger partial charge in [-0.3, -0.25) is 0 Å². The first-order chi connectivity index (χ1) is 8.03. The molecule has 0 aromatic carbocycles. The Bertz CT molecular complexity index is 245. The highest BCUT2D eigenvalue weighted by atomic mass is 15.1. The second-order valence-electron chi connectivity index (χ2n) is 6.96. The molecule has 2 aliphatic rings. The Hall–Kier alpha value is -0.0800. The van der Waals surface area contributed by atoms with Crippen LogP contribution in [0.3, 0.4) is 0 Å². The maximum atomic E-state index is 6.48. The molecule has 17 heavy (non-hydrogen) atoms. The third-order valence-corrected chi connectivity index (χ3v) is 4.96. The standard InChI is InChI=1S/C15H30N2/c1-4-17(10-12-7-8-12)11-13-6-5-9-15(2,3)14(13)16/h12-14H,4-11,16H2,1-3H3. The molecule has 2 nitrogen and oxygen atoms in total. The summed E-state index contributed by atoms with van der Waals surface area (Å²) in [6.07, 6.45) is 6.93. The zero-order chi connectivity index (χ0) is 12.5. The molecule has 2 heteroatoms. The maximum absolute atomic E-state index is 6.48. The third-order valence-electron chi connectivity index (χ3n) is 4.96. The molecule has 0 heterocycles. The number of hydrogen-bond donors (Lipinski definition) is 1. The molecular weight excluding hydrogens is 208 g/mol. The van der Waals surface area contributed by atoms with Crippen molar-refractivity contribution in [1.82, 2.24) is 4.90 Å². The van der Waals surface area contributed by atoms with E-state index in [4.69, 9.17) is 5.73 Å². The van der Waals surface area contributed by atoms with Gasteiger partial charge < -0.3 is 10.6 Å². The van der Waals surface area contributed by atoms with Crippen LogP contribution in [0.1, 0.15) is 52.9 Å². The number of nitrogens with two attached hydrogens (primary N) is 1. The molecule has 0 aliphatic heterocycles. The van der Waals surface area contributed by atoms with Gasteiger partial charge >= 0.3 is 0 Å². The summed E-state index contributed by atoms with van der Waals surface area (Å²) in [7, 11) is 0. The van der Waals surface area contributed by atoms with E-state index in [1.165, 1.54) is 51.7 Å². The van der Waals surface area contributed by atoms with Crippen LogP contribution in [0.2, 0.25) is 0 Å². The average Bonchev–Trinajstić information content (AvgIpc) is 3.07. The Balaban J connectivity index is 1.86. The van der Waals surface area contributed by atoms with E-state index in [2.05, 4.69) is 25.7 Å². The van der Waals surface area contributed by atoms with E-state index in [-0.39, 0.29) is 0 Å². The highest BCUT2D eigenvalue weighted by molar-refractivity contribution is 4.92. The first kappa shape index (κ1) is 13.4. The van der Waals surface area contributed by atoms with Gasteiger partial charge in [0.05, 0.1) is 0 Å². The summed E-state index contributed by atoms with van der Waals surface area (Å²) < 4.78 is 0. The molecule has 2 fully saturated rings. The van der Waals surface area contributed by atoms with Crippen molar-refractivity contribution in [3.05, 3.63) is 0 Å². The molecular formula is C15H30N2. The SMILES string of the molecule is CCN(CC1CC1)CC1CCCC(C)(C)C1N. The Kier molecular flexibility index (Phi) is 4.14. The number of hydrogen-bond acceptors (Lipinski definition) is 2. The Morgan fingerprint density at radius 2 is 1.88 bits per heavy atom. The fraction of sp³-hybridized carbons (Fsp3) is 1.00. The van der Waals surface area contributed by atoms with Crippen LogP contribution in [0, 0.1) is 17.3 Å². The van der Waals surface area contributed by atoms with Crippen LogP contribution in [0.5, 0.6) is 0 Å². The van der Waals surface area contributed by atoms with E-state index in [1.807, 2.05) is 0 Å². The molecule has 0 amide bonds. The molecule has 2 N–H and O–H groups in total. The molecule has 2 rings (SSSR count). The first-order valence-electron chi connectivity index (χ1n) is 7.51. The van der Waals surface area contributed by atoms with Crippen LogP contribution in [0.4, 0.5) is 0 Å². The summed E-state index contributed by atoms with van der Waals surface area (Å²) in [5.41, 5.74) is 6.83. The Morgan fingerprint density at radius 3 is 2.47 bits per heavy atom. The van der Waals surface area contributed by atoms with Gasteiger partial charge in [0.25, 0.3) is 0 Å². The largest absolute Gasteiger partial charge is 0.327 e. The predicted octanol–water partition coefficient (Wildman–Crippen LogP) is 2.87. The van der Waals surface area contributed by atoms with E-state index < -0.39 is 0 Å². The molecule has 100 valence electrons. The minimum atomic E-state index is 0.349. The molecule has 0 bridgehead atoms. The van der Waals surface area contributed by atoms with Crippen molar-refractivity contribution in [2.45, 2.75) is 58.9 Å². The first-order valence-corrected chi connectivity index (χ1v) is 7.51. The number of rotatable bonds is 5. The van der Waals surface area contributed by atoms with Crippen molar-refractivity contribution in [2.24, 2.45) is 23.0 Å². The topological polar surface area (TPSA) is 29.3 Å². The fourth-order valence-electron chi connectivity index (χ4n) is 3.34. The van der Waals surface area contributed by atoms with Crippen LogP contribution in [0.15, 0.2) is 0 Å². The zero-order valence-electron chi connectivity index (χ0n) is 11.9. The zero-order valence-corrected chi connectivity index (χ0v) is 11.9. The van der Waals surface area contributed by atoms with Crippen molar-refractivity contribution in [3.63, 3.8) is 0 Å². The minimum absolute atomic E-state index is 0.349. The fourth-order valence-corrected chi connectivity index (χ4v) is 3.34. The number of nitrogens with zero attached hydrogens (tertiary/aromatic N) is 1. The van der Waals surface area contributed by atoms with Crippen molar-refractivity contribution in [1.29, 1.82) is 0 Å². The van der Waals surface area contributed by atoms with Gasteiger partial charge in [0.1, 0.15) is 0 Å². The van der Waals surface area contributed by atoms with Crippen LogP contribution in [0.25, 0.3) is 0 Å². The van der Waals surface area contributed by atoms with Gasteiger partial charge in [-0.25, -0.2) is 0 Å². The van der Waals surface area contributed by atoms with Gasteiger partial charge in [0.2, 0.25) is 0 Å². The smallest absolute Gasteiger partial charge is 0.0131 e. The highest BCUT2D eigenvalue weighted by Gasteiger charge is 2.37. The molecule has 0 spiro atoms. The van der Waals surface area contributed by atoms with Crippen LogP contribution in [-0.2, 0) is 0 Å². The third kappa shape index (κ3) is 3.45. The second-order valence-corrected chi connectivity index (χ2v) is 6.96. The lowest BCUT2D eigenvalue weighted by molar-refractivity contribution is 0.102.